The molecule has 25 heavy (non-hydrogen) atoms. The molecule has 0 aliphatic carbocycles. The number of amides is 1. The van der Waals surface area contributed by atoms with Gasteiger partial charge in [0, 0.05) is 11.3 Å². The highest BCUT2D eigenvalue weighted by Crippen LogP contribution is 2.32. The quantitative estimate of drug-likeness (QED) is 0.906. The van der Waals surface area contributed by atoms with E-state index in [-0.39, 0.29) is 12.3 Å². The van der Waals surface area contributed by atoms with Crippen LogP contribution in [-0.4, -0.2) is 19.6 Å². The molecule has 4 nitrogen and oxygen atoms in total. The van der Waals surface area contributed by atoms with E-state index in [0.717, 1.165) is 12.1 Å². The van der Waals surface area contributed by atoms with Crippen LogP contribution in [0.25, 0.3) is 6.08 Å². The second kappa shape index (κ2) is 6.51. The second-order valence-corrected chi connectivity index (χ2v) is 5.39. The summed E-state index contributed by atoms with van der Waals surface area (Å²) < 4.78 is 48.9. The number of carbonyl (C=O) groups excluding carboxylic acids is 1. The fraction of sp³-hybridized carbons (Fsp3) is 0.167. The van der Waals surface area contributed by atoms with Gasteiger partial charge in [0.2, 0.25) is 0 Å². The van der Waals surface area contributed by atoms with Crippen molar-refractivity contribution in [1.82, 2.24) is 0 Å². The second-order valence-electron chi connectivity index (χ2n) is 5.39. The van der Waals surface area contributed by atoms with Crippen LogP contribution in [0.4, 0.5) is 18.9 Å². The van der Waals surface area contributed by atoms with Gasteiger partial charge in [0.15, 0.2) is 0 Å². The molecule has 3 rings (SSSR count). The van der Waals surface area contributed by atoms with E-state index in [0.29, 0.717) is 22.6 Å². The highest BCUT2D eigenvalue weighted by molar-refractivity contribution is 6.07. The maximum absolute atomic E-state index is 12.7. The normalized spacial score (nSPS) is 13.4. The topological polar surface area (TPSA) is 47.6 Å². The molecule has 130 valence electrons. The number of alkyl halides is 3. The summed E-state index contributed by atoms with van der Waals surface area (Å²) in [5.74, 6) is 0.697. The lowest BCUT2D eigenvalue weighted by molar-refractivity contribution is -0.137. The van der Waals surface area contributed by atoms with Gasteiger partial charge in [-0.05, 0) is 42.5 Å². The highest BCUT2D eigenvalue weighted by Gasteiger charge is 2.30. The Balaban J connectivity index is 1.81. The predicted molar refractivity (Wildman–Crippen MR) is 86.5 cm³/mol. The zero-order valence-corrected chi connectivity index (χ0v) is 13.2. The third kappa shape index (κ3) is 3.76. The molecular weight excluding hydrogens is 335 g/mol. The minimum absolute atomic E-state index is 0.0319. The first kappa shape index (κ1) is 16.9. The average Bonchev–Trinajstić information content (AvgIpc) is 2.60. The number of benzene rings is 2. The number of nitrogens with one attached hydrogen (secondary N) is 1. The smallest absolute Gasteiger partial charge is 0.416 e. The standard InChI is InChI=1S/C18H14F3NO3/c1-24-15-5-6-16-11(8-15)7-12(10-25-16)17(23)22-14-4-2-3-13(9-14)18(19,20)21/h2-9H,10H2,1H3,(H,22,23). The number of hydrogen-bond acceptors (Lipinski definition) is 3. The zero-order valence-electron chi connectivity index (χ0n) is 13.2. The summed E-state index contributed by atoms with van der Waals surface area (Å²) in [6, 6.07) is 9.65. The van der Waals surface area contributed by atoms with Crippen molar-refractivity contribution >= 4 is 17.7 Å². The van der Waals surface area contributed by atoms with Crippen molar-refractivity contribution in [1.29, 1.82) is 0 Å². The summed E-state index contributed by atoms with van der Waals surface area (Å²) in [7, 11) is 1.52. The molecule has 2 aromatic carbocycles. The molecule has 0 bridgehead atoms. The lowest BCUT2D eigenvalue weighted by Crippen LogP contribution is -2.21. The molecule has 1 heterocycles. The molecule has 0 radical (unpaired) electrons. The molecule has 2 aromatic rings. The zero-order chi connectivity index (χ0) is 18.0. The first-order chi connectivity index (χ1) is 11.9. The molecule has 0 saturated heterocycles. The highest BCUT2D eigenvalue weighted by atomic mass is 19.4. The Morgan fingerprint density at radius 2 is 2.00 bits per heavy atom. The van der Waals surface area contributed by atoms with E-state index in [9.17, 15) is 18.0 Å². The van der Waals surface area contributed by atoms with Crippen LogP contribution in [0.1, 0.15) is 11.1 Å². The molecule has 0 unspecified atom stereocenters. The van der Waals surface area contributed by atoms with Crippen molar-refractivity contribution in [3.63, 3.8) is 0 Å². The van der Waals surface area contributed by atoms with Crippen LogP contribution in [0.3, 0.4) is 0 Å². The van der Waals surface area contributed by atoms with Crippen molar-refractivity contribution in [2.24, 2.45) is 0 Å². The van der Waals surface area contributed by atoms with Crippen molar-refractivity contribution in [3.8, 4) is 11.5 Å². The van der Waals surface area contributed by atoms with E-state index in [1.54, 1.807) is 24.3 Å². The van der Waals surface area contributed by atoms with Crippen molar-refractivity contribution < 1.29 is 27.4 Å². The Kier molecular flexibility index (Phi) is 4.39. The first-order valence-corrected chi connectivity index (χ1v) is 7.37. The number of anilines is 1. The summed E-state index contributed by atoms with van der Waals surface area (Å²) in [5, 5.41) is 2.47. The molecule has 1 aliphatic heterocycles. The average molecular weight is 349 g/mol. The summed E-state index contributed by atoms with van der Waals surface area (Å²) in [6.45, 7) is 0.0319. The number of ether oxygens (including phenoxy) is 2. The molecular formula is C18H14F3NO3. The van der Waals surface area contributed by atoms with Gasteiger partial charge >= 0.3 is 6.18 Å². The maximum Gasteiger partial charge on any atom is 0.416 e. The molecule has 0 atom stereocenters. The Labute approximate surface area is 141 Å². The summed E-state index contributed by atoms with van der Waals surface area (Å²) >= 11 is 0. The summed E-state index contributed by atoms with van der Waals surface area (Å²) in [5.41, 5.74) is 0.212. The van der Waals surface area contributed by atoms with Gasteiger partial charge in [0.05, 0.1) is 18.2 Å². The SMILES string of the molecule is COc1ccc2c(c1)C=C(C(=O)Nc1cccc(C(F)(F)F)c1)CO2. The number of halogens is 3. The van der Waals surface area contributed by atoms with Gasteiger partial charge in [-0.2, -0.15) is 13.2 Å². The van der Waals surface area contributed by atoms with E-state index in [4.69, 9.17) is 9.47 Å². The van der Waals surface area contributed by atoms with Gasteiger partial charge < -0.3 is 14.8 Å². The van der Waals surface area contributed by atoms with Crippen LogP contribution >= 0.6 is 0 Å². The molecule has 0 aromatic heterocycles. The monoisotopic (exact) mass is 349 g/mol. The first-order valence-electron chi connectivity index (χ1n) is 7.37. The van der Waals surface area contributed by atoms with E-state index < -0.39 is 17.6 Å². The predicted octanol–water partition coefficient (Wildman–Crippen LogP) is 4.13. The largest absolute Gasteiger partial charge is 0.497 e. The van der Waals surface area contributed by atoms with Gasteiger partial charge in [-0.25, -0.2) is 0 Å². The minimum atomic E-state index is -4.47. The van der Waals surface area contributed by atoms with Crippen LogP contribution in [0.15, 0.2) is 48.0 Å². The fourth-order valence-electron chi connectivity index (χ4n) is 2.40. The Hall–Kier alpha value is -2.96. The Morgan fingerprint density at radius 1 is 1.20 bits per heavy atom. The number of hydrogen-bond donors (Lipinski definition) is 1. The van der Waals surface area contributed by atoms with Gasteiger partial charge in [-0.3, -0.25) is 4.79 Å². The third-order valence-electron chi connectivity index (χ3n) is 3.67. The lowest BCUT2D eigenvalue weighted by Gasteiger charge is -2.18. The van der Waals surface area contributed by atoms with Crippen LogP contribution in [-0.2, 0) is 11.0 Å². The van der Waals surface area contributed by atoms with Gasteiger partial charge in [0.1, 0.15) is 18.1 Å². The van der Waals surface area contributed by atoms with Crippen LogP contribution in [0.2, 0.25) is 0 Å². The summed E-state index contributed by atoms with van der Waals surface area (Å²) in [4.78, 5) is 12.3. The van der Waals surface area contributed by atoms with Crippen molar-refractivity contribution in [3.05, 3.63) is 59.2 Å². The van der Waals surface area contributed by atoms with Crippen LogP contribution < -0.4 is 14.8 Å². The van der Waals surface area contributed by atoms with Crippen molar-refractivity contribution in [2.75, 3.05) is 19.0 Å². The molecule has 0 spiro atoms. The summed E-state index contributed by atoms with van der Waals surface area (Å²) in [6.07, 6.45) is -2.84. The number of methoxy groups -OCH3 is 1. The number of rotatable bonds is 3. The van der Waals surface area contributed by atoms with E-state index >= 15 is 0 Å². The number of carbonyl (C=O) groups is 1. The van der Waals surface area contributed by atoms with Crippen LogP contribution in [0.5, 0.6) is 11.5 Å². The van der Waals surface area contributed by atoms with Gasteiger partial charge in [-0.15, -0.1) is 0 Å². The molecule has 0 saturated carbocycles. The maximum atomic E-state index is 12.7. The Morgan fingerprint density at radius 3 is 2.72 bits per heavy atom. The minimum Gasteiger partial charge on any atom is -0.497 e. The molecule has 7 heteroatoms. The third-order valence-corrected chi connectivity index (χ3v) is 3.67. The molecule has 1 N–H and O–H groups in total. The number of fused-ring (bicyclic) bond motifs is 1. The molecule has 1 amide bonds. The van der Waals surface area contributed by atoms with E-state index in [1.165, 1.54) is 19.2 Å². The lowest BCUT2D eigenvalue weighted by atomic mass is 10.1. The van der Waals surface area contributed by atoms with Crippen molar-refractivity contribution in [2.45, 2.75) is 6.18 Å². The van der Waals surface area contributed by atoms with Crippen LogP contribution in [0, 0.1) is 0 Å². The van der Waals surface area contributed by atoms with Gasteiger partial charge in [-0.1, -0.05) is 6.07 Å². The molecule has 1 aliphatic rings. The Bertz CT molecular complexity index is 844. The van der Waals surface area contributed by atoms with E-state index in [2.05, 4.69) is 5.32 Å². The molecule has 0 fully saturated rings. The van der Waals surface area contributed by atoms with E-state index in [1.807, 2.05) is 0 Å². The fourth-order valence-corrected chi connectivity index (χ4v) is 2.40. The van der Waals surface area contributed by atoms with Gasteiger partial charge in [0.25, 0.3) is 5.91 Å².